The molecule has 0 aliphatic heterocycles. The van der Waals surface area contributed by atoms with Gasteiger partial charge in [-0.1, -0.05) is 18.7 Å². The molecule has 5 heteroatoms. The Morgan fingerprint density at radius 2 is 2.40 bits per heavy atom. The summed E-state index contributed by atoms with van der Waals surface area (Å²) in [4.78, 5) is 8.48. The van der Waals surface area contributed by atoms with Gasteiger partial charge in [0.2, 0.25) is 0 Å². The van der Waals surface area contributed by atoms with Crippen LogP contribution in [0.5, 0.6) is 0 Å². The van der Waals surface area contributed by atoms with Crippen LogP contribution < -0.4 is 5.73 Å². The summed E-state index contributed by atoms with van der Waals surface area (Å²) in [5.41, 5.74) is 6.34. The number of hydrogen-bond acceptors (Lipinski definition) is 4. The van der Waals surface area contributed by atoms with Crippen molar-refractivity contribution in [2.45, 2.75) is 37.1 Å². The van der Waals surface area contributed by atoms with Gasteiger partial charge < -0.3 is 5.73 Å². The third-order valence-electron chi connectivity index (χ3n) is 1.95. The van der Waals surface area contributed by atoms with E-state index in [1.165, 1.54) is 0 Å². The minimum absolute atomic E-state index is 0.224. The summed E-state index contributed by atoms with van der Waals surface area (Å²) in [5.74, 6) is 0.224. The summed E-state index contributed by atoms with van der Waals surface area (Å²) < 4.78 is 0. The zero-order chi connectivity index (χ0) is 11.3. The molecule has 82 valence electrons. The third kappa shape index (κ3) is 4.29. The van der Waals surface area contributed by atoms with Crippen molar-refractivity contribution in [2.75, 3.05) is 0 Å². The predicted molar refractivity (Wildman–Crippen MR) is 63.2 cm³/mol. The van der Waals surface area contributed by atoms with Gasteiger partial charge in [-0.05, 0) is 19.4 Å². The van der Waals surface area contributed by atoms with Gasteiger partial charge in [-0.25, -0.2) is 9.97 Å². The van der Waals surface area contributed by atoms with E-state index in [0.717, 1.165) is 17.3 Å². The van der Waals surface area contributed by atoms with Crippen LogP contribution in [0, 0.1) is 12.3 Å². The first-order chi connectivity index (χ1) is 7.11. The lowest BCUT2D eigenvalue weighted by atomic mass is 10.2. The Balaban J connectivity index is 2.62. The Bertz CT molecular complexity index is 340. The van der Waals surface area contributed by atoms with Crippen LogP contribution in [-0.4, -0.2) is 21.1 Å². The topological polar surface area (TPSA) is 75.7 Å². The Morgan fingerprint density at radius 1 is 1.67 bits per heavy atom. The lowest BCUT2D eigenvalue weighted by Gasteiger charge is -2.11. The second-order valence-corrected chi connectivity index (χ2v) is 4.63. The molecular weight excluding hydrogens is 208 g/mol. The van der Waals surface area contributed by atoms with E-state index >= 15 is 0 Å². The number of thioether (sulfide) groups is 1. The van der Waals surface area contributed by atoms with Gasteiger partial charge >= 0.3 is 0 Å². The molecule has 3 N–H and O–H groups in total. The molecule has 1 heterocycles. The van der Waals surface area contributed by atoms with Crippen molar-refractivity contribution in [3.8, 4) is 0 Å². The van der Waals surface area contributed by atoms with Gasteiger partial charge in [-0.15, -0.1) is 0 Å². The molecule has 0 radical (unpaired) electrons. The van der Waals surface area contributed by atoms with Crippen LogP contribution in [0.4, 0.5) is 0 Å². The molecule has 0 aliphatic carbocycles. The van der Waals surface area contributed by atoms with Crippen molar-refractivity contribution < 1.29 is 0 Å². The van der Waals surface area contributed by atoms with Crippen LogP contribution >= 0.6 is 11.8 Å². The van der Waals surface area contributed by atoms with Crippen LogP contribution in [0.3, 0.4) is 0 Å². The molecule has 15 heavy (non-hydrogen) atoms. The number of nitrogens with one attached hydrogen (secondary N) is 1. The maximum Gasteiger partial charge on any atom is 0.188 e. The highest BCUT2D eigenvalue weighted by atomic mass is 32.2. The quantitative estimate of drug-likeness (QED) is 0.347. The van der Waals surface area contributed by atoms with E-state index in [-0.39, 0.29) is 5.84 Å². The standard InChI is InChI=1S/C10H16N4S/c1-3-8(6-9(11)12)15-10-13-5-4-7(2)14-10/h4-5,8H,3,6H2,1-2H3,(H3,11,12). The minimum atomic E-state index is 0.224. The smallest absolute Gasteiger partial charge is 0.188 e. The number of aryl methyl sites for hydroxylation is 1. The Morgan fingerprint density at radius 3 is 2.93 bits per heavy atom. The monoisotopic (exact) mass is 224 g/mol. The van der Waals surface area contributed by atoms with Crippen LogP contribution in [0.1, 0.15) is 25.5 Å². The zero-order valence-corrected chi connectivity index (χ0v) is 9.84. The maximum absolute atomic E-state index is 7.26. The first-order valence-corrected chi connectivity index (χ1v) is 5.79. The van der Waals surface area contributed by atoms with Crippen LogP contribution in [-0.2, 0) is 0 Å². The van der Waals surface area contributed by atoms with Crippen LogP contribution in [0.2, 0.25) is 0 Å². The molecule has 0 saturated carbocycles. The fourth-order valence-electron chi connectivity index (χ4n) is 1.15. The fraction of sp³-hybridized carbons (Fsp3) is 0.500. The highest BCUT2D eigenvalue weighted by Gasteiger charge is 2.11. The maximum atomic E-state index is 7.26. The predicted octanol–water partition coefficient (Wildman–Crippen LogP) is 1.98. The molecule has 1 aromatic heterocycles. The van der Waals surface area contributed by atoms with E-state index in [1.807, 2.05) is 13.0 Å². The number of amidine groups is 1. The SMILES string of the molecule is CCC(CC(=N)N)Sc1nccc(C)n1. The molecule has 1 rings (SSSR count). The van der Waals surface area contributed by atoms with Crippen molar-refractivity contribution in [3.05, 3.63) is 18.0 Å². The van der Waals surface area contributed by atoms with E-state index < -0.39 is 0 Å². The molecule has 0 aromatic carbocycles. The molecular formula is C10H16N4S. The van der Waals surface area contributed by atoms with Gasteiger partial charge in [-0.3, -0.25) is 5.41 Å². The van der Waals surface area contributed by atoms with Gasteiger partial charge in [0, 0.05) is 23.6 Å². The lowest BCUT2D eigenvalue weighted by Crippen LogP contribution is -2.16. The van der Waals surface area contributed by atoms with Gasteiger partial charge in [0.1, 0.15) is 0 Å². The largest absolute Gasteiger partial charge is 0.388 e. The van der Waals surface area contributed by atoms with Gasteiger partial charge in [0.25, 0.3) is 0 Å². The molecule has 1 aromatic rings. The Labute approximate surface area is 94.2 Å². The number of hydrogen-bond donors (Lipinski definition) is 2. The molecule has 1 unspecified atom stereocenters. The highest BCUT2D eigenvalue weighted by Crippen LogP contribution is 2.24. The van der Waals surface area contributed by atoms with Crippen molar-refractivity contribution >= 4 is 17.6 Å². The molecule has 0 amide bonds. The molecule has 4 nitrogen and oxygen atoms in total. The van der Waals surface area contributed by atoms with Crippen molar-refractivity contribution in [2.24, 2.45) is 5.73 Å². The molecule has 1 atom stereocenters. The molecule has 0 saturated heterocycles. The molecule has 0 aliphatic rings. The average molecular weight is 224 g/mol. The molecule has 0 spiro atoms. The number of nitrogens with zero attached hydrogens (tertiary/aromatic N) is 2. The van der Waals surface area contributed by atoms with E-state index in [1.54, 1.807) is 18.0 Å². The summed E-state index contributed by atoms with van der Waals surface area (Å²) in [5, 5.41) is 8.32. The van der Waals surface area contributed by atoms with Crippen molar-refractivity contribution in [3.63, 3.8) is 0 Å². The average Bonchev–Trinajstić information content (AvgIpc) is 2.16. The Kier molecular flexibility index (Phi) is 4.55. The van der Waals surface area contributed by atoms with Crippen LogP contribution in [0.25, 0.3) is 0 Å². The third-order valence-corrected chi connectivity index (χ3v) is 3.19. The highest BCUT2D eigenvalue weighted by molar-refractivity contribution is 7.99. The summed E-state index contributed by atoms with van der Waals surface area (Å²) in [7, 11) is 0. The zero-order valence-electron chi connectivity index (χ0n) is 9.03. The minimum Gasteiger partial charge on any atom is -0.388 e. The fourth-order valence-corrected chi connectivity index (χ4v) is 2.19. The van der Waals surface area contributed by atoms with E-state index in [9.17, 15) is 0 Å². The summed E-state index contributed by atoms with van der Waals surface area (Å²) in [6, 6.07) is 1.87. The second kappa shape index (κ2) is 5.70. The molecule has 0 bridgehead atoms. The van der Waals surface area contributed by atoms with E-state index in [4.69, 9.17) is 11.1 Å². The van der Waals surface area contributed by atoms with E-state index in [0.29, 0.717) is 11.7 Å². The normalized spacial score (nSPS) is 12.4. The second-order valence-electron chi connectivity index (χ2n) is 3.36. The van der Waals surface area contributed by atoms with Crippen molar-refractivity contribution in [1.29, 1.82) is 5.41 Å². The van der Waals surface area contributed by atoms with Crippen LogP contribution in [0.15, 0.2) is 17.4 Å². The van der Waals surface area contributed by atoms with Gasteiger partial charge in [-0.2, -0.15) is 0 Å². The van der Waals surface area contributed by atoms with Gasteiger partial charge in [0.05, 0.1) is 5.84 Å². The first-order valence-electron chi connectivity index (χ1n) is 4.91. The molecule has 0 fully saturated rings. The number of nitrogens with two attached hydrogens (primary N) is 1. The van der Waals surface area contributed by atoms with E-state index in [2.05, 4.69) is 16.9 Å². The summed E-state index contributed by atoms with van der Waals surface area (Å²) >= 11 is 1.59. The van der Waals surface area contributed by atoms with Gasteiger partial charge in [0.15, 0.2) is 5.16 Å². The lowest BCUT2D eigenvalue weighted by molar-refractivity contribution is 0.834. The summed E-state index contributed by atoms with van der Waals surface area (Å²) in [6.45, 7) is 4.02. The Hall–Kier alpha value is -1.10. The number of aromatic nitrogens is 2. The summed E-state index contributed by atoms with van der Waals surface area (Å²) in [6.07, 6.45) is 3.31. The first kappa shape index (κ1) is 12.0. The number of rotatable bonds is 5. The van der Waals surface area contributed by atoms with Crippen molar-refractivity contribution in [1.82, 2.24) is 9.97 Å².